The number of carboxylic acid groups (broad SMARTS) is 1. The van der Waals surface area contributed by atoms with Gasteiger partial charge in [0.25, 0.3) is 5.91 Å². The lowest BCUT2D eigenvalue weighted by molar-refractivity contribution is -0.142. The molecule has 1 aliphatic heterocycles. The van der Waals surface area contributed by atoms with Gasteiger partial charge in [-0.15, -0.1) is 0 Å². The van der Waals surface area contributed by atoms with Gasteiger partial charge in [0.1, 0.15) is 12.1 Å². The standard InChI is InChI=1S/C28H30N6O6S/c29-28(30)32-21-7-4-6-19(17-21)25(35)31-20-13-11-18(12-14-20)16-23(27(37)38)33-26(36)24-10-5-15-34(24)41(39,40)22-8-2-1-3-9-22/h1-4,6-9,11-14,17,23-24H,5,10,15-16H2,(H,31,35)(H,33,36)(H,37,38)(H4,29,30,32)/t23-,24-/m0/s1. The maximum Gasteiger partial charge on any atom is 0.326 e. The number of carbonyl (C=O) groups is 3. The van der Waals surface area contributed by atoms with Crippen LogP contribution in [0.3, 0.4) is 0 Å². The number of amides is 2. The third-order valence-corrected chi connectivity index (χ3v) is 8.45. The first-order valence-electron chi connectivity index (χ1n) is 12.8. The number of hydrogen-bond donors (Lipinski definition) is 6. The largest absolute Gasteiger partial charge is 0.480 e. The summed E-state index contributed by atoms with van der Waals surface area (Å²) in [5.74, 6) is -2.58. The first kappa shape index (κ1) is 29.2. The number of benzene rings is 3. The molecule has 0 saturated carbocycles. The van der Waals surface area contributed by atoms with Crippen LogP contribution in [0, 0.1) is 5.41 Å². The van der Waals surface area contributed by atoms with E-state index in [2.05, 4.69) is 16.0 Å². The Morgan fingerprint density at radius 1 is 0.976 bits per heavy atom. The summed E-state index contributed by atoms with van der Waals surface area (Å²) in [7, 11) is -3.92. The molecule has 3 aromatic rings. The molecule has 2 atom stereocenters. The number of nitrogens with zero attached hydrogens (tertiary/aromatic N) is 1. The minimum absolute atomic E-state index is 0.0494. The second kappa shape index (κ2) is 12.6. The Labute approximate surface area is 237 Å². The number of sulfonamides is 1. The number of carbonyl (C=O) groups excluding carboxylic acids is 2. The molecule has 0 aromatic heterocycles. The first-order valence-corrected chi connectivity index (χ1v) is 14.2. The van der Waals surface area contributed by atoms with Gasteiger partial charge in [-0.1, -0.05) is 36.4 Å². The smallest absolute Gasteiger partial charge is 0.326 e. The molecule has 2 amide bonds. The average Bonchev–Trinajstić information content (AvgIpc) is 3.45. The zero-order chi connectivity index (χ0) is 29.6. The zero-order valence-electron chi connectivity index (χ0n) is 21.9. The fourth-order valence-electron chi connectivity index (χ4n) is 4.54. The number of hydrogen-bond acceptors (Lipinski definition) is 6. The van der Waals surface area contributed by atoms with E-state index in [4.69, 9.17) is 11.1 Å². The molecule has 0 spiro atoms. The van der Waals surface area contributed by atoms with Crippen LogP contribution < -0.4 is 21.7 Å². The van der Waals surface area contributed by atoms with E-state index in [0.29, 0.717) is 28.9 Å². The summed E-state index contributed by atoms with van der Waals surface area (Å²) < 4.78 is 27.3. The molecule has 13 heteroatoms. The summed E-state index contributed by atoms with van der Waals surface area (Å²) in [5.41, 5.74) is 7.21. The molecule has 0 aliphatic carbocycles. The van der Waals surface area contributed by atoms with Crippen LogP contribution in [0.5, 0.6) is 0 Å². The van der Waals surface area contributed by atoms with E-state index in [1.807, 2.05) is 0 Å². The lowest BCUT2D eigenvalue weighted by Gasteiger charge is -2.25. The number of anilines is 2. The van der Waals surface area contributed by atoms with Crippen molar-refractivity contribution in [1.82, 2.24) is 9.62 Å². The SMILES string of the molecule is N=C(N)Nc1cccc(C(=O)Nc2ccc(C[C@H](NC(=O)[C@@H]3CCCN3S(=O)(=O)c3ccccc3)C(=O)O)cc2)c1. The van der Waals surface area contributed by atoms with Crippen molar-refractivity contribution < 1.29 is 27.9 Å². The Morgan fingerprint density at radius 2 is 1.68 bits per heavy atom. The fraction of sp³-hybridized carbons (Fsp3) is 0.214. The highest BCUT2D eigenvalue weighted by molar-refractivity contribution is 7.89. The Bertz CT molecular complexity index is 1550. The van der Waals surface area contributed by atoms with Crippen molar-refractivity contribution in [2.75, 3.05) is 17.2 Å². The zero-order valence-corrected chi connectivity index (χ0v) is 22.7. The van der Waals surface area contributed by atoms with Crippen molar-refractivity contribution >= 4 is 45.1 Å². The first-order chi connectivity index (χ1) is 19.5. The van der Waals surface area contributed by atoms with E-state index in [1.165, 1.54) is 12.1 Å². The Balaban J connectivity index is 1.39. The van der Waals surface area contributed by atoms with Gasteiger partial charge in [-0.3, -0.25) is 15.0 Å². The highest BCUT2D eigenvalue weighted by Crippen LogP contribution is 2.26. The maximum atomic E-state index is 13.1. The van der Waals surface area contributed by atoms with Crippen molar-refractivity contribution in [2.24, 2.45) is 5.73 Å². The Hall–Kier alpha value is -4.75. The average molecular weight is 579 g/mol. The summed E-state index contributed by atoms with van der Waals surface area (Å²) in [5, 5.41) is 25.0. The molecule has 214 valence electrons. The summed E-state index contributed by atoms with van der Waals surface area (Å²) in [6.07, 6.45) is 0.713. The van der Waals surface area contributed by atoms with Gasteiger partial charge in [-0.05, 0) is 60.9 Å². The van der Waals surface area contributed by atoms with E-state index in [9.17, 15) is 27.9 Å². The number of aliphatic carboxylic acids is 1. The highest BCUT2D eigenvalue weighted by Gasteiger charge is 2.40. The van der Waals surface area contributed by atoms with Gasteiger partial charge in [0.15, 0.2) is 5.96 Å². The number of carboxylic acids is 1. The third kappa shape index (κ3) is 7.26. The summed E-state index contributed by atoms with van der Waals surface area (Å²) >= 11 is 0. The van der Waals surface area contributed by atoms with E-state index < -0.39 is 39.9 Å². The van der Waals surface area contributed by atoms with Crippen LogP contribution in [-0.2, 0) is 26.0 Å². The topological polar surface area (TPSA) is 195 Å². The van der Waals surface area contributed by atoms with Gasteiger partial charge in [-0.25, -0.2) is 13.2 Å². The van der Waals surface area contributed by atoms with Crippen molar-refractivity contribution in [2.45, 2.75) is 36.2 Å². The lowest BCUT2D eigenvalue weighted by Crippen LogP contribution is -2.51. The van der Waals surface area contributed by atoms with Gasteiger partial charge in [0, 0.05) is 29.9 Å². The number of rotatable bonds is 10. The normalized spacial score (nSPS) is 16.0. The van der Waals surface area contributed by atoms with Crippen molar-refractivity contribution in [1.29, 1.82) is 5.41 Å². The van der Waals surface area contributed by atoms with E-state index >= 15 is 0 Å². The minimum Gasteiger partial charge on any atom is -0.480 e. The predicted octanol–water partition coefficient (Wildman–Crippen LogP) is 2.21. The van der Waals surface area contributed by atoms with Crippen LogP contribution in [-0.4, -0.2) is 60.2 Å². The molecule has 12 nitrogen and oxygen atoms in total. The lowest BCUT2D eigenvalue weighted by atomic mass is 10.0. The van der Waals surface area contributed by atoms with Crippen molar-refractivity contribution in [3.8, 4) is 0 Å². The minimum atomic E-state index is -3.92. The monoisotopic (exact) mass is 578 g/mol. The predicted molar refractivity (Wildman–Crippen MR) is 153 cm³/mol. The molecular weight excluding hydrogens is 548 g/mol. The number of nitrogens with one attached hydrogen (secondary N) is 4. The van der Waals surface area contributed by atoms with E-state index in [0.717, 1.165) is 4.31 Å². The molecule has 1 aliphatic rings. The number of nitrogens with two attached hydrogens (primary N) is 1. The van der Waals surface area contributed by atoms with Crippen LogP contribution in [0.1, 0.15) is 28.8 Å². The van der Waals surface area contributed by atoms with Gasteiger partial charge < -0.3 is 26.8 Å². The Morgan fingerprint density at radius 3 is 2.34 bits per heavy atom. The summed E-state index contributed by atoms with van der Waals surface area (Å²) in [6.45, 7) is 0.164. The molecule has 0 unspecified atom stereocenters. The van der Waals surface area contributed by atoms with Crippen LogP contribution in [0.15, 0.2) is 83.8 Å². The highest BCUT2D eigenvalue weighted by atomic mass is 32.2. The van der Waals surface area contributed by atoms with Crippen molar-refractivity contribution in [3.05, 3.63) is 90.0 Å². The number of guanidine groups is 1. The third-order valence-electron chi connectivity index (χ3n) is 6.53. The fourth-order valence-corrected chi connectivity index (χ4v) is 6.22. The van der Waals surface area contributed by atoms with Gasteiger partial charge >= 0.3 is 5.97 Å². The van der Waals surface area contributed by atoms with E-state index in [1.54, 1.807) is 66.7 Å². The van der Waals surface area contributed by atoms with E-state index in [-0.39, 0.29) is 30.2 Å². The molecule has 4 rings (SSSR count). The van der Waals surface area contributed by atoms with Crippen LogP contribution in [0.2, 0.25) is 0 Å². The second-order valence-electron chi connectivity index (χ2n) is 9.46. The quantitative estimate of drug-likeness (QED) is 0.156. The molecule has 1 saturated heterocycles. The van der Waals surface area contributed by atoms with Crippen LogP contribution >= 0.6 is 0 Å². The van der Waals surface area contributed by atoms with Crippen LogP contribution in [0.25, 0.3) is 0 Å². The van der Waals surface area contributed by atoms with Crippen molar-refractivity contribution in [3.63, 3.8) is 0 Å². The maximum absolute atomic E-state index is 13.1. The molecule has 1 heterocycles. The summed E-state index contributed by atoms with van der Waals surface area (Å²) in [6, 6.07) is 18.4. The Kier molecular flexibility index (Phi) is 9.00. The molecular formula is C28H30N6O6S. The molecule has 3 aromatic carbocycles. The molecule has 0 radical (unpaired) electrons. The van der Waals surface area contributed by atoms with Gasteiger partial charge in [0.05, 0.1) is 4.90 Å². The van der Waals surface area contributed by atoms with Crippen LogP contribution in [0.4, 0.5) is 11.4 Å². The van der Waals surface area contributed by atoms with Gasteiger partial charge in [-0.2, -0.15) is 4.31 Å². The molecule has 0 bridgehead atoms. The molecule has 7 N–H and O–H groups in total. The molecule has 41 heavy (non-hydrogen) atoms. The molecule has 1 fully saturated rings. The second-order valence-corrected chi connectivity index (χ2v) is 11.4. The summed E-state index contributed by atoms with van der Waals surface area (Å²) in [4.78, 5) is 37.8. The van der Waals surface area contributed by atoms with Gasteiger partial charge in [0.2, 0.25) is 15.9 Å².